The number of carbonyl (C=O) groups is 1. The van der Waals surface area contributed by atoms with Crippen molar-refractivity contribution >= 4 is 22.7 Å². The van der Waals surface area contributed by atoms with Crippen LogP contribution < -0.4 is 5.32 Å². The van der Waals surface area contributed by atoms with Gasteiger partial charge >= 0.3 is 5.97 Å². The highest BCUT2D eigenvalue weighted by molar-refractivity contribution is 5.79. The molecule has 0 saturated heterocycles. The van der Waals surface area contributed by atoms with Crippen molar-refractivity contribution in [3.05, 3.63) is 24.0 Å². The average Bonchev–Trinajstić information content (AvgIpc) is 2.56. The molecule has 3 N–H and O–H groups in total. The predicted molar refractivity (Wildman–Crippen MR) is 61.6 cm³/mol. The van der Waals surface area contributed by atoms with Gasteiger partial charge in [0.15, 0.2) is 0 Å². The van der Waals surface area contributed by atoms with E-state index in [0.29, 0.717) is 6.54 Å². The minimum Gasteiger partial charge on any atom is -0.481 e. The number of aromatic nitrogens is 2. The normalized spacial score (nSPS) is 10.6. The fourth-order valence-corrected chi connectivity index (χ4v) is 1.56. The van der Waals surface area contributed by atoms with Crippen molar-refractivity contribution < 1.29 is 9.90 Å². The molecule has 16 heavy (non-hydrogen) atoms. The van der Waals surface area contributed by atoms with Crippen molar-refractivity contribution in [2.75, 3.05) is 11.9 Å². The third-order valence-electron chi connectivity index (χ3n) is 2.27. The highest BCUT2D eigenvalue weighted by atomic mass is 16.4. The van der Waals surface area contributed by atoms with Crippen LogP contribution in [0.3, 0.4) is 0 Å². The summed E-state index contributed by atoms with van der Waals surface area (Å²) < 4.78 is 0. The number of carboxylic acid groups (broad SMARTS) is 1. The van der Waals surface area contributed by atoms with Gasteiger partial charge in [0.2, 0.25) is 0 Å². The summed E-state index contributed by atoms with van der Waals surface area (Å²) in [4.78, 5) is 17.8. The van der Waals surface area contributed by atoms with E-state index in [1.807, 2.05) is 25.1 Å². The molecule has 5 heteroatoms. The molecule has 0 aliphatic heterocycles. The number of fused-ring (bicyclic) bond motifs is 1. The van der Waals surface area contributed by atoms with Crippen molar-refractivity contribution in [2.45, 2.75) is 13.3 Å². The molecule has 0 spiro atoms. The van der Waals surface area contributed by atoms with Gasteiger partial charge in [0, 0.05) is 12.2 Å². The fraction of sp³-hybridized carbons (Fsp3) is 0.273. The zero-order valence-corrected chi connectivity index (χ0v) is 8.95. The Morgan fingerprint density at radius 3 is 3.12 bits per heavy atom. The lowest BCUT2D eigenvalue weighted by molar-refractivity contribution is -0.136. The van der Waals surface area contributed by atoms with Crippen LogP contribution in [0, 0.1) is 6.92 Å². The summed E-state index contributed by atoms with van der Waals surface area (Å²) in [5.74, 6) is 0.0728. The Labute approximate surface area is 92.5 Å². The van der Waals surface area contributed by atoms with Crippen molar-refractivity contribution in [2.24, 2.45) is 0 Å². The van der Waals surface area contributed by atoms with Crippen LogP contribution in [0.5, 0.6) is 0 Å². The maximum Gasteiger partial charge on any atom is 0.305 e. The van der Waals surface area contributed by atoms with E-state index in [4.69, 9.17) is 5.11 Å². The van der Waals surface area contributed by atoms with Gasteiger partial charge < -0.3 is 15.4 Å². The first-order valence-electron chi connectivity index (χ1n) is 5.07. The lowest BCUT2D eigenvalue weighted by atomic mass is 10.2. The zero-order valence-electron chi connectivity index (χ0n) is 8.95. The van der Waals surface area contributed by atoms with E-state index in [1.165, 1.54) is 0 Å². The van der Waals surface area contributed by atoms with E-state index in [9.17, 15) is 4.79 Å². The SMILES string of the molecule is Cc1nc2ccc(NCCC(=O)O)cc2[nH]1. The summed E-state index contributed by atoms with van der Waals surface area (Å²) in [6.07, 6.45) is 0.111. The van der Waals surface area contributed by atoms with Gasteiger partial charge in [-0.3, -0.25) is 4.79 Å². The molecule has 2 aromatic rings. The van der Waals surface area contributed by atoms with Gasteiger partial charge in [-0.2, -0.15) is 0 Å². The highest BCUT2D eigenvalue weighted by Crippen LogP contribution is 2.16. The van der Waals surface area contributed by atoms with E-state index in [2.05, 4.69) is 15.3 Å². The maximum absolute atomic E-state index is 10.3. The number of aliphatic carboxylic acids is 1. The third kappa shape index (κ3) is 2.31. The van der Waals surface area contributed by atoms with Gasteiger partial charge in [-0.15, -0.1) is 0 Å². The van der Waals surface area contributed by atoms with Crippen LogP contribution >= 0.6 is 0 Å². The van der Waals surface area contributed by atoms with Crippen LogP contribution in [0.2, 0.25) is 0 Å². The first kappa shape index (κ1) is 10.5. The van der Waals surface area contributed by atoms with Gasteiger partial charge in [0.25, 0.3) is 0 Å². The molecule has 1 aromatic carbocycles. The molecule has 0 saturated carbocycles. The number of anilines is 1. The summed E-state index contributed by atoms with van der Waals surface area (Å²) in [6, 6.07) is 5.73. The van der Waals surface area contributed by atoms with Crippen LogP contribution in [-0.4, -0.2) is 27.6 Å². The van der Waals surface area contributed by atoms with Crippen molar-refractivity contribution in [3.8, 4) is 0 Å². The summed E-state index contributed by atoms with van der Waals surface area (Å²) >= 11 is 0. The molecule has 0 unspecified atom stereocenters. The van der Waals surface area contributed by atoms with Gasteiger partial charge in [-0.25, -0.2) is 4.98 Å². The summed E-state index contributed by atoms with van der Waals surface area (Å²) in [7, 11) is 0. The molecule has 0 amide bonds. The number of benzene rings is 1. The van der Waals surface area contributed by atoms with Gasteiger partial charge in [-0.05, 0) is 25.1 Å². The van der Waals surface area contributed by atoms with Crippen LogP contribution in [0.25, 0.3) is 11.0 Å². The first-order chi connectivity index (χ1) is 7.65. The Hall–Kier alpha value is -2.04. The largest absolute Gasteiger partial charge is 0.481 e. The zero-order chi connectivity index (χ0) is 11.5. The number of rotatable bonds is 4. The van der Waals surface area contributed by atoms with Crippen molar-refractivity contribution in [3.63, 3.8) is 0 Å². The second-order valence-electron chi connectivity index (χ2n) is 3.62. The second kappa shape index (κ2) is 4.22. The number of aromatic amines is 1. The molecule has 2 rings (SSSR count). The Bertz CT molecular complexity index is 519. The molecule has 5 nitrogen and oxygen atoms in total. The minimum atomic E-state index is -0.800. The van der Waals surface area contributed by atoms with Gasteiger partial charge in [0.05, 0.1) is 17.5 Å². The van der Waals surface area contributed by atoms with E-state index in [0.717, 1.165) is 22.5 Å². The Kier molecular flexibility index (Phi) is 2.76. The lowest BCUT2D eigenvalue weighted by Crippen LogP contribution is -2.07. The molecule has 0 radical (unpaired) electrons. The number of carboxylic acids is 1. The second-order valence-corrected chi connectivity index (χ2v) is 3.62. The maximum atomic E-state index is 10.3. The summed E-state index contributed by atoms with van der Waals surface area (Å²) in [6.45, 7) is 2.32. The number of imidazole rings is 1. The van der Waals surface area contributed by atoms with Crippen LogP contribution in [0.15, 0.2) is 18.2 Å². The van der Waals surface area contributed by atoms with Crippen molar-refractivity contribution in [1.29, 1.82) is 0 Å². The quantitative estimate of drug-likeness (QED) is 0.732. The van der Waals surface area contributed by atoms with Gasteiger partial charge in [0.1, 0.15) is 5.82 Å². The Morgan fingerprint density at radius 2 is 2.38 bits per heavy atom. The third-order valence-corrected chi connectivity index (χ3v) is 2.27. The van der Waals surface area contributed by atoms with E-state index < -0.39 is 5.97 Å². The smallest absolute Gasteiger partial charge is 0.305 e. The fourth-order valence-electron chi connectivity index (χ4n) is 1.56. The summed E-state index contributed by atoms with van der Waals surface area (Å²) in [5.41, 5.74) is 2.77. The van der Waals surface area contributed by atoms with E-state index in [1.54, 1.807) is 0 Å². The molecule has 0 bridgehead atoms. The molecular weight excluding hydrogens is 206 g/mol. The predicted octanol–water partition coefficient (Wildman–Crippen LogP) is 1.76. The minimum absolute atomic E-state index is 0.111. The molecular formula is C11H13N3O2. The molecule has 1 heterocycles. The monoisotopic (exact) mass is 219 g/mol. The number of hydrogen-bond donors (Lipinski definition) is 3. The lowest BCUT2D eigenvalue weighted by Gasteiger charge is -2.03. The van der Waals surface area contributed by atoms with E-state index >= 15 is 0 Å². The molecule has 0 aliphatic rings. The van der Waals surface area contributed by atoms with E-state index in [-0.39, 0.29) is 6.42 Å². The molecule has 0 aliphatic carbocycles. The molecule has 0 fully saturated rings. The first-order valence-corrected chi connectivity index (χ1v) is 5.07. The van der Waals surface area contributed by atoms with Crippen LogP contribution in [-0.2, 0) is 4.79 Å². The number of H-pyrrole nitrogens is 1. The summed E-state index contributed by atoms with van der Waals surface area (Å²) in [5, 5.41) is 11.6. The van der Waals surface area contributed by atoms with Crippen LogP contribution in [0.1, 0.15) is 12.2 Å². The van der Waals surface area contributed by atoms with Crippen LogP contribution in [0.4, 0.5) is 5.69 Å². The molecule has 0 atom stereocenters. The number of hydrogen-bond acceptors (Lipinski definition) is 3. The molecule has 84 valence electrons. The average molecular weight is 219 g/mol. The number of nitrogens with zero attached hydrogens (tertiary/aromatic N) is 1. The van der Waals surface area contributed by atoms with Crippen molar-refractivity contribution in [1.82, 2.24) is 9.97 Å². The Balaban J connectivity index is 2.10. The Morgan fingerprint density at radius 1 is 1.56 bits per heavy atom. The standard InChI is InChI=1S/C11H13N3O2/c1-7-13-9-3-2-8(6-10(9)14-7)12-5-4-11(15)16/h2-3,6,12H,4-5H2,1H3,(H,13,14)(H,15,16). The highest BCUT2D eigenvalue weighted by Gasteiger charge is 2.01. The number of nitrogens with one attached hydrogen (secondary N) is 2. The molecule has 1 aromatic heterocycles. The topological polar surface area (TPSA) is 78.0 Å². The van der Waals surface area contributed by atoms with Gasteiger partial charge in [-0.1, -0.05) is 0 Å². The number of aryl methyl sites for hydroxylation is 1.